The van der Waals surface area contributed by atoms with Gasteiger partial charge in [-0.1, -0.05) is 106 Å². The molecule has 9 unspecified atom stereocenters. The van der Waals surface area contributed by atoms with E-state index in [2.05, 4.69) is 65.1 Å². The molecule has 0 aromatic carbocycles. The van der Waals surface area contributed by atoms with Crippen LogP contribution in [0.25, 0.3) is 0 Å². The lowest BCUT2D eigenvalue weighted by Crippen LogP contribution is -2.47. The van der Waals surface area contributed by atoms with Crippen molar-refractivity contribution >= 4 is 52.0 Å². The first-order valence-corrected chi connectivity index (χ1v) is 23.3. The summed E-state index contributed by atoms with van der Waals surface area (Å²) in [7, 11) is -1.11. The quantitative estimate of drug-likeness (QED) is 0.0485. The Morgan fingerprint density at radius 1 is 0.538 bits per heavy atom. The number of thioether (sulfide) groups is 2. The molecule has 5 aliphatic rings. The van der Waals surface area contributed by atoms with Crippen LogP contribution < -0.4 is 0 Å². The smallest absolute Gasteiger partial charge is 0.408 e. The minimum absolute atomic E-state index is 0.105. The van der Waals surface area contributed by atoms with Crippen molar-refractivity contribution in [3.05, 3.63) is 0 Å². The van der Waals surface area contributed by atoms with E-state index in [1.54, 1.807) is 0 Å². The average Bonchev–Trinajstić information content (AvgIpc) is 4.00. The molecule has 0 bridgehead atoms. The van der Waals surface area contributed by atoms with E-state index in [4.69, 9.17) is 46.7 Å². The van der Waals surface area contributed by atoms with Crippen LogP contribution >= 0.6 is 23.5 Å². The molecule has 0 aromatic heterocycles. The topological polar surface area (TPSA) is 92.3 Å². The molecule has 16 heteroatoms. The maximum absolute atomic E-state index is 6.76. The predicted molar refractivity (Wildman–Crippen MR) is 215 cm³/mol. The highest BCUT2D eigenvalue weighted by molar-refractivity contribution is 8.17. The number of fused-ring (bicyclic) bond motifs is 1. The van der Waals surface area contributed by atoms with E-state index < -0.39 is 6.29 Å². The molecule has 5 rings (SSSR count). The highest BCUT2D eigenvalue weighted by Gasteiger charge is 2.58. The number of ether oxygens (including phenoxy) is 2. The van der Waals surface area contributed by atoms with Gasteiger partial charge in [0.1, 0.15) is 18.3 Å². The molecule has 52 heavy (non-hydrogen) atoms. The van der Waals surface area contributed by atoms with Gasteiger partial charge in [0.2, 0.25) is 0 Å². The third kappa shape index (κ3) is 12.3. The van der Waals surface area contributed by atoms with Gasteiger partial charge in [-0.05, 0) is 49.6 Å². The van der Waals surface area contributed by atoms with Crippen molar-refractivity contribution in [3.8, 4) is 0 Å². The highest BCUT2D eigenvalue weighted by Crippen LogP contribution is 2.42. The third-order valence-corrected chi connectivity index (χ3v) is 13.9. The minimum atomic E-state index is -0.616. The second-order valence-corrected chi connectivity index (χ2v) is 17.8. The lowest BCUT2D eigenvalue weighted by Gasteiger charge is -2.32. The number of hydrogen-bond acceptors (Lipinski definition) is 12. The van der Waals surface area contributed by atoms with Crippen molar-refractivity contribution in [3.63, 3.8) is 0 Å². The van der Waals surface area contributed by atoms with E-state index in [0.29, 0.717) is 6.61 Å². The van der Waals surface area contributed by atoms with Gasteiger partial charge in [0.05, 0.1) is 48.3 Å². The van der Waals surface area contributed by atoms with E-state index in [-0.39, 0.29) is 88.5 Å². The molecule has 0 aliphatic carbocycles. The average molecular weight is 768 g/mol. The van der Waals surface area contributed by atoms with E-state index in [0.717, 1.165) is 36.8 Å². The van der Waals surface area contributed by atoms with Crippen molar-refractivity contribution in [2.45, 2.75) is 204 Å². The minimum Gasteiger partial charge on any atom is -0.408 e. The molecule has 0 aromatic rings. The number of unbranched alkanes of at least 4 members (excludes halogenated alkanes) is 10. The predicted octanol–water partition coefficient (Wildman–Crippen LogP) is 8.04. The summed E-state index contributed by atoms with van der Waals surface area (Å²) in [5.41, 5.74) is 0. The summed E-state index contributed by atoms with van der Waals surface area (Å²) in [6.07, 6.45) is 15.8. The van der Waals surface area contributed by atoms with Crippen LogP contribution in [0.1, 0.15) is 119 Å². The summed E-state index contributed by atoms with van der Waals surface area (Å²) in [5.74, 6) is 2.27. The Balaban J connectivity index is 1.23. The van der Waals surface area contributed by atoms with Crippen molar-refractivity contribution in [2.75, 3.05) is 24.7 Å². The van der Waals surface area contributed by atoms with Crippen LogP contribution in [0.4, 0.5) is 0 Å². The summed E-state index contributed by atoms with van der Waals surface area (Å²) in [5, 5.41) is 0. The molecule has 0 spiro atoms. The fourth-order valence-corrected chi connectivity index (χ4v) is 10.8. The van der Waals surface area contributed by atoms with Gasteiger partial charge >= 0.3 is 28.5 Å². The van der Waals surface area contributed by atoms with Gasteiger partial charge in [0.25, 0.3) is 0 Å². The summed E-state index contributed by atoms with van der Waals surface area (Å²) < 4.78 is 64.6. The van der Waals surface area contributed by atoms with Gasteiger partial charge in [-0.3, -0.25) is 0 Å². The Labute approximate surface area is 325 Å². The highest BCUT2D eigenvalue weighted by atomic mass is 32.2. The molecule has 0 amide bonds. The lowest BCUT2D eigenvalue weighted by atomic mass is 9.86. The van der Waals surface area contributed by atoms with Crippen molar-refractivity contribution in [2.24, 2.45) is 0 Å². The fraction of sp³-hybridized carbons (Fsp3) is 1.00. The normalized spacial score (nSPS) is 32.0. The second-order valence-electron chi connectivity index (χ2n) is 15.0. The van der Waals surface area contributed by atoms with E-state index >= 15 is 0 Å². The molecule has 10 nitrogen and oxygen atoms in total. The first-order chi connectivity index (χ1) is 25.5. The van der Waals surface area contributed by atoms with Crippen LogP contribution in [0.5, 0.6) is 0 Å². The molecule has 0 N–H and O–H groups in total. The molecule has 5 heterocycles. The van der Waals surface area contributed by atoms with Crippen molar-refractivity contribution < 1.29 is 46.7 Å². The maximum Gasteiger partial charge on any atom is 0.457 e. The van der Waals surface area contributed by atoms with Gasteiger partial charge in [0, 0.05) is 0 Å². The summed E-state index contributed by atoms with van der Waals surface area (Å²) in [4.78, 5) is 0. The Bertz CT molecular complexity index is 968. The Kier molecular flexibility index (Phi) is 19.9. The van der Waals surface area contributed by atoms with Crippen LogP contribution in [-0.4, -0.2) is 113 Å². The van der Waals surface area contributed by atoms with E-state index in [9.17, 15) is 0 Å². The molecular weight excluding hydrogens is 700 g/mol. The molecule has 296 valence electrons. The zero-order chi connectivity index (χ0) is 36.7. The Morgan fingerprint density at radius 3 is 1.69 bits per heavy atom. The molecule has 5 aliphatic heterocycles. The van der Waals surface area contributed by atoms with Crippen LogP contribution in [0.2, 0.25) is 25.3 Å². The van der Waals surface area contributed by atoms with Crippen LogP contribution in [0.3, 0.4) is 0 Å². The SMILES string of the molecule is CCCCCCCCSC(SCCCCCCCC)C1OB(CC)OC1C1OB(CC)OC1COC1OC(C2COB(CC)O2)C2OB(CC)OC12. The van der Waals surface area contributed by atoms with Crippen LogP contribution in [0.15, 0.2) is 0 Å². The number of hydrogen-bond donors (Lipinski definition) is 0. The van der Waals surface area contributed by atoms with E-state index in [1.165, 1.54) is 77.0 Å². The first kappa shape index (κ1) is 43.7. The maximum atomic E-state index is 6.76. The summed E-state index contributed by atoms with van der Waals surface area (Å²) in [6.45, 7) is 13.7. The first-order valence-electron chi connectivity index (χ1n) is 21.2. The van der Waals surface area contributed by atoms with Gasteiger partial charge < -0.3 is 46.7 Å². The van der Waals surface area contributed by atoms with Gasteiger partial charge in [0.15, 0.2) is 6.29 Å². The standard InChI is InChI=1S/C36H68B4O10S2/c1-7-13-15-17-19-21-23-51-36(52-24-22-20-18-16-14-8-2)34-32(48-40(12-6)50-34)30-27(45-38(10-4)46-30)25-41-35-33-31(47-39(11-5)49-33)29(43-35)28-26-42-37(9-3)44-28/h27-36H,7-26H2,1-6H3. The van der Waals surface area contributed by atoms with E-state index in [1.807, 2.05) is 0 Å². The van der Waals surface area contributed by atoms with Gasteiger partial charge in [-0.15, -0.1) is 23.5 Å². The summed E-state index contributed by atoms with van der Waals surface area (Å²) >= 11 is 4.11. The van der Waals surface area contributed by atoms with Crippen LogP contribution in [-0.2, 0) is 46.7 Å². The molecule has 5 fully saturated rings. The molecular formula is C36H68B4O10S2. The second kappa shape index (κ2) is 23.7. The Hall–Kier alpha value is 0.560. The monoisotopic (exact) mass is 768 g/mol. The van der Waals surface area contributed by atoms with Crippen molar-refractivity contribution in [1.29, 1.82) is 0 Å². The van der Waals surface area contributed by atoms with Gasteiger partial charge in [-0.25, -0.2) is 0 Å². The Morgan fingerprint density at radius 2 is 1.08 bits per heavy atom. The van der Waals surface area contributed by atoms with Crippen molar-refractivity contribution in [1.82, 2.24) is 0 Å². The molecule has 0 radical (unpaired) electrons. The number of rotatable bonds is 26. The fourth-order valence-electron chi connectivity index (χ4n) is 7.81. The summed E-state index contributed by atoms with van der Waals surface area (Å²) in [6, 6.07) is 0. The molecule has 0 saturated carbocycles. The third-order valence-electron chi connectivity index (χ3n) is 10.8. The zero-order valence-electron chi connectivity index (χ0n) is 33.1. The van der Waals surface area contributed by atoms with Crippen LogP contribution in [0, 0.1) is 0 Å². The largest absolute Gasteiger partial charge is 0.457 e. The molecule has 9 atom stereocenters. The lowest BCUT2D eigenvalue weighted by molar-refractivity contribution is -0.186. The van der Waals surface area contributed by atoms with Gasteiger partial charge in [-0.2, -0.15) is 0 Å². The zero-order valence-corrected chi connectivity index (χ0v) is 34.8. The molecule has 5 saturated heterocycles.